The number of aliphatic hydroxyl groups excluding tert-OH is 1. The first-order valence-corrected chi connectivity index (χ1v) is 9.57. The largest absolute Gasteiger partial charge is 0.581 e. The van der Waals surface area contributed by atoms with Crippen molar-refractivity contribution in [2.45, 2.75) is 44.0 Å². The predicted octanol–water partition coefficient (Wildman–Crippen LogP) is -0.622. The van der Waals surface area contributed by atoms with Crippen molar-refractivity contribution >= 4 is 31.2 Å². The van der Waals surface area contributed by atoms with E-state index in [2.05, 4.69) is 29.3 Å². The summed E-state index contributed by atoms with van der Waals surface area (Å²) in [4.78, 5) is 38.2. The highest BCUT2D eigenvalue weighted by Crippen LogP contribution is 2.43. The molecule has 3 heterocycles. The molecule has 16 heteroatoms. The number of rotatable bonds is 7. The van der Waals surface area contributed by atoms with E-state index in [1.54, 1.807) is 0 Å². The molecule has 1 fully saturated rings. The van der Waals surface area contributed by atoms with Crippen LogP contribution in [-0.4, -0.2) is 71.3 Å². The van der Waals surface area contributed by atoms with Gasteiger partial charge in [-0.3, -0.25) is 4.57 Å². The third-order valence-corrected chi connectivity index (χ3v) is 5.13. The van der Waals surface area contributed by atoms with E-state index in [-0.39, 0.29) is 17.1 Å². The number of nitrogen functional groups attached to an aromatic ring is 1. The average Bonchev–Trinajstić information content (AvgIpc) is 3.15. The Bertz CT molecular complexity index is 987. The lowest BCUT2D eigenvalue weighted by Crippen LogP contribution is -2.40. The first-order chi connectivity index (χ1) is 14.0. The van der Waals surface area contributed by atoms with Gasteiger partial charge in [-0.15, -0.1) is 0 Å². The zero-order valence-electron chi connectivity index (χ0n) is 15.6. The van der Waals surface area contributed by atoms with E-state index in [9.17, 15) is 19.9 Å². The van der Waals surface area contributed by atoms with Crippen molar-refractivity contribution in [3.8, 4) is 5.88 Å². The summed E-state index contributed by atoms with van der Waals surface area (Å²) in [5.74, 6) is -2.10. The number of nitrogens with two attached hydrogens (primary N) is 1. The van der Waals surface area contributed by atoms with Crippen LogP contribution in [0, 0.1) is 0 Å². The number of carboxylic acids is 1. The van der Waals surface area contributed by atoms with Gasteiger partial charge in [0, 0.05) is 4.67 Å². The van der Waals surface area contributed by atoms with Gasteiger partial charge in [0.05, 0.1) is 6.33 Å². The maximum atomic E-state index is 15.3. The van der Waals surface area contributed by atoms with Crippen molar-refractivity contribution in [1.82, 2.24) is 19.5 Å². The van der Waals surface area contributed by atoms with Gasteiger partial charge in [0.1, 0.15) is 18.8 Å². The van der Waals surface area contributed by atoms with Crippen molar-refractivity contribution in [3.05, 3.63) is 6.33 Å². The van der Waals surface area contributed by atoms with Gasteiger partial charge >= 0.3 is 14.1 Å². The minimum absolute atomic E-state index is 0.0246. The van der Waals surface area contributed by atoms with Crippen LogP contribution in [0.5, 0.6) is 5.88 Å². The van der Waals surface area contributed by atoms with E-state index in [0.717, 1.165) is 17.8 Å². The lowest BCUT2D eigenvalue weighted by Gasteiger charge is -2.24. The number of aliphatic carboxylic acids is 1. The quantitative estimate of drug-likeness (QED) is 0.237. The van der Waals surface area contributed by atoms with E-state index in [1.165, 1.54) is 6.92 Å². The molecule has 5 N–H and O–H groups in total. The highest BCUT2D eigenvalue weighted by atomic mass is 31.1. The number of nitrogens with zero attached hydrogens (tertiary/aromatic N) is 5. The number of alkyl halides is 1. The van der Waals surface area contributed by atoms with Crippen LogP contribution >= 0.6 is 8.17 Å². The number of aliphatic hydroxyl groups is 1. The molecule has 0 bridgehead atoms. The summed E-state index contributed by atoms with van der Waals surface area (Å²) in [6, 6.07) is -1.29. The molecule has 1 aliphatic heterocycles. The van der Waals surface area contributed by atoms with Crippen LogP contribution in [0.4, 0.5) is 10.3 Å². The maximum absolute atomic E-state index is 15.3. The van der Waals surface area contributed by atoms with E-state index in [1.807, 2.05) is 0 Å². The van der Waals surface area contributed by atoms with Gasteiger partial charge in [0.25, 0.3) is 0 Å². The molecule has 0 aliphatic carbocycles. The number of hydrogen-bond acceptors (Lipinski definition) is 12. The van der Waals surface area contributed by atoms with Crippen LogP contribution in [0.25, 0.3) is 11.2 Å². The number of carboxylic acid groups (broad SMARTS) is 1. The molecule has 164 valence electrons. The first kappa shape index (κ1) is 22.1. The Balaban J connectivity index is 1.74. The molecule has 0 amide bonds. The second-order valence-corrected chi connectivity index (χ2v) is 7.43. The fraction of sp³-hybridized carbons (Fsp3) is 0.571. The number of anilines is 1. The molecule has 0 radical (unpaired) electrons. The highest BCUT2D eigenvalue weighted by Gasteiger charge is 2.55. The van der Waals surface area contributed by atoms with Crippen LogP contribution in [0.15, 0.2) is 11.1 Å². The molecule has 14 nitrogen and oxygen atoms in total. The number of halogens is 1. The van der Waals surface area contributed by atoms with Crippen molar-refractivity contribution in [2.75, 3.05) is 12.3 Å². The van der Waals surface area contributed by atoms with Gasteiger partial charge in [0.15, 0.2) is 29.1 Å². The third-order valence-electron chi connectivity index (χ3n) is 4.36. The Morgan fingerprint density at radius 3 is 2.97 bits per heavy atom. The number of fused-ring (bicyclic) bond motifs is 1. The number of imidazole rings is 1. The van der Waals surface area contributed by atoms with Crippen LogP contribution in [0.2, 0.25) is 0 Å². The summed E-state index contributed by atoms with van der Waals surface area (Å²) in [5, 5.41) is 28.8. The smallest absolute Gasteiger partial charge is 0.382 e. The highest BCUT2D eigenvalue weighted by molar-refractivity contribution is 7.33. The summed E-state index contributed by atoms with van der Waals surface area (Å²) in [6.45, 7) is 1.71. The number of aromatic nitrogens is 4. The summed E-state index contributed by atoms with van der Waals surface area (Å²) in [5.41, 5.74) is 3.07. The molecular formula is C14H18FN6O8P. The summed E-state index contributed by atoms with van der Waals surface area (Å²) in [7, 11) is -2.82. The fourth-order valence-corrected chi connectivity index (χ4v) is 3.36. The van der Waals surface area contributed by atoms with Crippen molar-refractivity contribution in [3.63, 3.8) is 0 Å². The van der Waals surface area contributed by atoms with Crippen LogP contribution in [0.3, 0.4) is 0 Å². The van der Waals surface area contributed by atoms with E-state index >= 15 is 4.39 Å². The molecular weight excluding hydrogens is 430 g/mol. The zero-order valence-corrected chi connectivity index (χ0v) is 16.5. The van der Waals surface area contributed by atoms with Crippen molar-refractivity contribution < 1.29 is 43.7 Å². The van der Waals surface area contributed by atoms with E-state index in [4.69, 9.17) is 15.6 Å². The lowest BCUT2D eigenvalue weighted by atomic mass is 9.98. The normalized spacial score (nSPS) is 28.2. The first-order valence-electron chi connectivity index (χ1n) is 8.44. The van der Waals surface area contributed by atoms with Gasteiger partial charge in [-0.2, -0.15) is 14.9 Å². The van der Waals surface area contributed by atoms with Gasteiger partial charge in [-0.25, -0.2) is 14.2 Å². The van der Waals surface area contributed by atoms with Gasteiger partial charge in [0.2, 0.25) is 11.8 Å². The average molecular weight is 448 g/mol. The molecule has 2 aromatic heterocycles. The maximum Gasteiger partial charge on any atom is 0.382 e. The Morgan fingerprint density at radius 1 is 1.60 bits per heavy atom. The lowest BCUT2D eigenvalue weighted by molar-refractivity contribution is -0.277. The summed E-state index contributed by atoms with van der Waals surface area (Å²) >= 11 is 0. The van der Waals surface area contributed by atoms with Gasteiger partial charge in [-0.1, -0.05) is 4.74 Å². The Morgan fingerprint density at radius 2 is 2.30 bits per heavy atom. The van der Waals surface area contributed by atoms with Crippen LogP contribution < -0.4 is 10.6 Å². The second kappa shape index (κ2) is 8.29. The summed E-state index contributed by atoms with van der Waals surface area (Å²) < 4.78 is 29.7. The van der Waals surface area contributed by atoms with Gasteiger partial charge in [-0.05, 0) is 13.8 Å². The molecule has 6 atom stereocenters. The van der Waals surface area contributed by atoms with Crippen LogP contribution in [-0.2, 0) is 19.1 Å². The number of carbonyl (C=O) groups is 1. The van der Waals surface area contributed by atoms with E-state index in [0.29, 0.717) is 0 Å². The van der Waals surface area contributed by atoms with Crippen molar-refractivity contribution in [2.24, 2.45) is 4.74 Å². The van der Waals surface area contributed by atoms with Gasteiger partial charge < -0.3 is 30.7 Å². The molecule has 30 heavy (non-hydrogen) atoms. The van der Waals surface area contributed by atoms with Crippen LogP contribution in [0.1, 0.15) is 20.1 Å². The molecule has 0 spiro atoms. The number of ether oxygens (including phenoxy) is 1. The second-order valence-electron chi connectivity index (χ2n) is 6.58. The minimum atomic E-state index is -2.82. The molecule has 2 aromatic rings. The van der Waals surface area contributed by atoms with E-state index < -0.39 is 56.8 Å². The molecule has 0 saturated carbocycles. The monoisotopic (exact) mass is 448 g/mol. The topological polar surface area (TPSA) is 210 Å². The molecule has 1 saturated heterocycles. The standard InChI is InChI=1S/C14H18FN6O8P/c1-5(11(24)25)20-30(26)29-27-3-6-8(22)14(2,15)12(28-6)21-4-17-7-9(21)18-13(16)19-10(7)23/h4-6,8,12,22H,3H2,1-2H3,(H,24,25)(H3,16,18,19,23)/t5-,6+,8+,12+,14+/m0/s1. The third kappa shape index (κ3) is 4.16. The fourth-order valence-electron chi connectivity index (χ4n) is 2.79. The summed E-state index contributed by atoms with van der Waals surface area (Å²) in [6.07, 6.45) is -3.28. The zero-order chi connectivity index (χ0) is 22.2. The number of aromatic hydroxyl groups is 1. The van der Waals surface area contributed by atoms with Crippen molar-refractivity contribution in [1.29, 1.82) is 0 Å². The Kier molecular flexibility index (Phi) is 6.12. The minimum Gasteiger partial charge on any atom is -0.581 e. The molecule has 1 aliphatic rings. The Labute approximate surface area is 168 Å². The number of hydrogen-bond donors (Lipinski definition) is 4. The molecule has 3 rings (SSSR count). The molecule has 0 aromatic carbocycles. The SMILES string of the molecule is C[C@H](/N=[P+](\[O-])OOC[C@H]1O[C@@H](n2cnc3c(O)nc(N)nc32)[C@](C)(F)[C@@H]1O)C(=O)O. The Hall–Kier alpha value is -2.55. The predicted molar refractivity (Wildman–Crippen MR) is 94.3 cm³/mol. The molecule has 1 unspecified atom stereocenters.